The Labute approximate surface area is 180 Å². The van der Waals surface area contributed by atoms with Crippen molar-refractivity contribution < 1.29 is 18.8 Å². The lowest BCUT2D eigenvalue weighted by Gasteiger charge is -2.26. The van der Waals surface area contributed by atoms with Gasteiger partial charge >= 0.3 is 0 Å². The quantitative estimate of drug-likeness (QED) is 0.610. The van der Waals surface area contributed by atoms with Crippen molar-refractivity contribution in [2.75, 3.05) is 38.2 Å². The van der Waals surface area contributed by atoms with Crippen molar-refractivity contribution in [1.29, 1.82) is 0 Å². The summed E-state index contributed by atoms with van der Waals surface area (Å²) in [4.78, 5) is 26.9. The van der Waals surface area contributed by atoms with Gasteiger partial charge in [-0.05, 0) is 17.7 Å². The van der Waals surface area contributed by atoms with Crippen LogP contribution in [0.25, 0.3) is 11.3 Å². The lowest BCUT2D eigenvalue weighted by atomic mass is 10.1. The van der Waals surface area contributed by atoms with E-state index in [4.69, 9.17) is 9.26 Å². The Morgan fingerprint density at radius 2 is 1.81 bits per heavy atom. The van der Waals surface area contributed by atoms with E-state index in [1.54, 1.807) is 6.07 Å². The van der Waals surface area contributed by atoms with Crippen LogP contribution < -0.4 is 10.6 Å². The van der Waals surface area contributed by atoms with Crippen LogP contribution in [-0.2, 0) is 16.1 Å². The van der Waals surface area contributed by atoms with E-state index in [0.717, 1.165) is 44.0 Å². The fourth-order valence-corrected chi connectivity index (χ4v) is 3.34. The summed E-state index contributed by atoms with van der Waals surface area (Å²) in [6.45, 7) is 3.93. The summed E-state index contributed by atoms with van der Waals surface area (Å²) in [6, 6.07) is 18.6. The van der Waals surface area contributed by atoms with Crippen LogP contribution in [-0.4, -0.2) is 54.7 Å². The maximum absolute atomic E-state index is 12.3. The molecule has 1 fully saturated rings. The zero-order chi connectivity index (χ0) is 21.5. The molecule has 2 heterocycles. The molecule has 2 N–H and O–H groups in total. The summed E-state index contributed by atoms with van der Waals surface area (Å²) in [5.41, 5.74) is 2.75. The lowest BCUT2D eigenvalue weighted by Crippen LogP contribution is -2.35. The number of ether oxygens (including phenoxy) is 1. The van der Waals surface area contributed by atoms with Crippen LogP contribution in [0.5, 0.6) is 0 Å². The third kappa shape index (κ3) is 5.78. The SMILES string of the molecule is O=C(CNC(=O)c1cc(-c2ccccc2)on1)Nc1cccc(CN2CCOCC2)c1. The highest BCUT2D eigenvalue weighted by molar-refractivity contribution is 5.98. The zero-order valence-electron chi connectivity index (χ0n) is 17.0. The Morgan fingerprint density at radius 1 is 1.00 bits per heavy atom. The standard InChI is InChI=1S/C23H24N4O4/c28-22(25-19-8-4-5-17(13-19)16-27-9-11-30-12-10-27)15-24-23(29)20-14-21(31-26-20)18-6-2-1-3-7-18/h1-8,13-14H,9-12,15-16H2,(H,24,29)(H,25,28). The van der Waals surface area contributed by atoms with Gasteiger partial charge < -0.3 is 19.9 Å². The van der Waals surface area contributed by atoms with Gasteiger partial charge in [-0.3, -0.25) is 14.5 Å². The monoisotopic (exact) mass is 420 g/mol. The molecule has 0 unspecified atom stereocenters. The van der Waals surface area contributed by atoms with Crippen molar-refractivity contribution in [1.82, 2.24) is 15.4 Å². The van der Waals surface area contributed by atoms with E-state index >= 15 is 0 Å². The highest BCUT2D eigenvalue weighted by Crippen LogP contribution is 2.19. The Balaban J connectivity index is 1.28. The Kier molecular flexibility index (Phi) is 6.71. The van der Waals surface area contributed by atoms with Crippen molar-refractivity contribution >= 4 is 17.5 Å². The molecule has 8 heteroatoms. The van der Waals surface area contributed by atoms with Crippen molar-refractivity contribution in [2.24, 2.45) is 0 Å². The molecule has 4 rings (SSSR count). The molecule has 0 aliphatic carbocycles. The molecule has 2 amide bonds. The van der Waals surface area contributed by atoms with Gasteiger partial charge in [0.05, 0.1) is 19.8 Å². The molecular formula is C23H24N4O4. The molecule has 31 heavy (non-hydrogen) atoms. The van der Waals surface area contributed by atoms with Crippen LogP contribution >= 0.6 is 0 Å². The first-order valence-corrected chi connectivity index (χ1v) is 10.2. The number of hydrogen-bond donors (Lipinski definition) is 2. The number of aromatic nitrogens is 1. The summed E-state index contributed by atoms with van der Waals surface area (Å²) in [6.07, 6.45) is 0. The van der Waals surface area contributed by atoms with Gasteiger partial charge in [-0.1, -0.05) is 47.6 Å². The molecule has 8 nitrogen and oxygen atoms in total. The summed E-state index contributed by atoms with van der Waals surface area (Å²) < 4.78 is 10.6. The molecule has 1 aliphatic heterocycles. The Bertz CT molecular complexity index is 1030. The second-order valence-electron chi connectivity index (χ2n) is 7.26. The average molecular weight is 420 g/mol. The van der Waals surface area contributed by atoms with E-state index in [1.807, 2.05) is 54.6 Å². The molecule has 0 atom stereocenters. The smallest absolute Gasteiger partial charge is 0.273 e. The first-order chi connectivity index (χ1) is 15.2. The minimum Gasteiger partial charge on any atom is -0.379 e. The van der Waals surface area contributed by atoms with Crippen molar-refractivity contribution in [2.45, 2.75) is 6.54 Å². The minimum absolute atomic E-state index is 0.124. The topological polar surface area (TPSA) is 96.7 Å². The Hall–Kier alpha value is -3.49. The van der Waals surface area contributed by atoms with Gasteiger partial charge in [0.2, 0.25) is 5.91 Å². The van der Waals surface area contributed by atoms with Gasteiger partial charge in [0.25, 0.3) is 5.91 Å². The van der Waals surface area contributed by atoms with Crippen LogP contribution in [0.3, 0.4) is 0 Å². The molecule has 3 aromatic rings. The molecule has 1 saturated heterocycles. The van der Waals surface area contributed by atoms with Gasteiger partial charge in [-0.2, -0.15) is 0 Å². The molecule has 1 aromatic heterocycles. The second-order valence-corrected chi connectivity index (χ2v) is 7.26. The van der Waals surface area contributed by atoms with Crippen LogP contribution in [0, 0.1) is 0 Å². The molecule has 0 saturated carbocycles. The van der Waals surface area contributed by atoms with Gasteiger partial charge in [-0.15, -0.1) is 0 Å². The third-order valence-electron chi connectivity index (χ3n) is 4.93. The molecular weight excluding hydrogens is 396 g/mol. The summed E-state index contributed by atoms with van der Waals surface area (Å²) in [7, 11) is 0. The number of benzene rings is 2. The van der Waals surface area contributed by atoms with Gasteiger partial charge in [0, 0.05) is 37.0 Å². The van der Waals surface area contributed by atoms with Crippen LogP contribution in [0.1, 0.15) is 16.1 Å². The van der Waals surface area contributed by atoms with E-state index in [-0.39, 0.29) is 18.1 Å². The normalized spacial score (nSPS) is 14.2. The molecule has 0 radical (unpaired) electrons. The van der Waals surface area contributed by atoms with Crippen LogP contribution in [0.15, 0.2) is 65.2 Å². The molecule has 2 aromatic carbocycles. The number of nitrogens with zero attached hydrogens (tertiary/aromatic N) is 2. The predicted molar refractivity (Wildman–Crippen MR) is 115 cm³/mol. The number of carbonyl (C=O) groups excluding carboxylic acids is 2. The fraction of sp³-hybridized carbons (Fsp3) is 0.261. The summed E-state index contributed by atoms with van der Waals surface area (Å²) in [5, 5.41) is 9.17. The number of rotatable bonds is 7. The van der Waals surface area contributed by atoms with Crippen molar-refractivity contribution in [3.63, 3.8) is 0 Å². The summed E-state index contributed by atoms with van der Waals surface area (Å²) in [5.74, 6) is -0.293. The molecule has 0 bridgehead atoms. The van der Waals surface area contributed by atoms with E-state index in [9.17, 15) is 9.59 Å². The van der Waals surface area contributed by atoms with E-state index < -0.39 is 5.91 Å². The summed E-state index contributed by atoms with van der Waals surface area (Å²) >= 11 is 0. The number of hydrogen-bond acceptors (Lipinski definition) is 6. The van der Waals surface area contributed by atoms with Crippen molar-refractivity contribution in [3.8, 4) is 11.3 Å². The number of anilines is 1. The molecule has 160 valence electrons. The van der Waals surface area contributed by atoms with E-state index in [0.29, 0.717) is 11.4 Å². The second kappa shape index (κ2) is 10.0. The highest BCUT2D eigenvalue weighted by atomic mass is 16.5. The number of amides is 2. The average Bonchev–Trinajstić information content (AvgIpc) is 3.30. The largest absolute Gasteiger partial charge is 0.379 e. The first-order valence-electron chi connectivity index (χ1n) is 10.2. The maximum Gasteiger partial charge on any atom is 0.273 e. The van der Waals surface area contributed by atoms with E-state index in [1.165, 1.54) is 0 Å². The zero-order valence-corrected chi connectivity index (χ0v) is 17.0. The number of nitrogens with one attached hydrogen (secondary N) is 2. The number of morpholine rings is 1. The van der Waals surface area contributed by atoms with Gasteiger partial charge in [0.15, 0.2) is 11.5 Å². The lowest BCUT2D eigenvalue weighted by molar-refractivity contribution is -0.115. The first kappa shape index (κ1) is 20.8. The third-order valence-corrected chi connectivity index (χ3v) is 4.93. The minimum atomic E-state index is -0.470. The van der Waals surface area contributed by atoms with Gasteiger partial charge in [0.1, 0.15) is 0 Å². The maximum atomic E-state index is 12.3. The molecule has 0 spiro atoms. The van der Waals surface area contributed by atoms with E-state index in [2.05, 4.69) is 20.7 Å². The molecule has 1 aliphatic rings. The predicted octanol–water partition coefficient (Wildman–Crippen LogP) is 2.54. The number of carbonyl (C=O) groups is 2. The van der Waals surface area contributed by atoms with Gasteiger partial charge in [-0.25, -0.2) is 0 Å². The van der Waals surface area contributed by atoms with Crippen LogP contribution in [0.2, 0.25) is 0 Å². The Morgan fingerprint density at radius 3 is 2.61 bits per heavy atom. The van der Waals surface area contributed by atoms with Crippen LogP contribution in [0.4, 0.5) is 5.69 Å². The highest BCUT2D eigenvalue weighted by Gasteiger charge is 2.15. The van der Waals surface area contributed by atoms with Crippen molar-refractivity contribution in [3.05, 3.63) is 71.9 Å². The fourth-order valence-electron chi connectivity index (χ4n) is 3.34.